The number of nitrogens with one attached hydrogen (secondary N) is 1. The van der Waals surface area contributed by atoms with Crippen molar-refractivity contribution < 1.29 is 9.21 Å². The molecule has 5 heteroatoms. The van der Waals surface area contributed by atoms with Crippen LogP contribution in [0.3, 0.4) is 0 Å². The molecule has 5 rings (SSSR count). The lowest BCUT2D eigenvalue weighted by molar-refractivity contribution is 0.0651. The van der Waals surface area contributed by atoms with Gasteiger partial charge >= 0.3 is 0 Å². The molecule has 2 aliphatic rings. The van der Waals surface area contributed by atoms with Gasteiger partial charge in [0.05, 0.1) is 18.4 Å². The van der Waals surface area contributed by atoms with Gasteiger partial charge in [-0.2, -0.15) is 0 Å². The van der Waals surface area contributed by atoms with Gasteiger partial charge in [0.2, 0.25) is 0 Å². The number of para-hydroxylation sites is 1. The Hall–Kier alpha value is -3.21. The van der Waals surface area contributed by atoms with Gasteiger partial charge in [0.15, 0.2) is 0 Å². The standard InChI is InChI=1S/C24H25N3O2/c28-24-21-8-2-3-9-22(21)25-23(27(24)17-20-7-6-16-29-20)18-10-12-19(13-11-18)26-14-4-1-5-15-26/h2-3,6-13,16,23,25H,1,4-5,14-15,17H2/t23-/m0/s1. The average Bonchev–Trinajstić information content (AvgIpc) is 3.30. The number of nitrogens with zero attached hydrogens (tertiary/aromatic N) is 2. The van der Waals surface area contributed by atoms with Crippen LogP contribution >= 0.6 is 0 Å². The van der Waals surface area contributed by atoms with E-state index in [1.54, 1.807) is 6.26 Å². The number of benzene rings is 2. The van der Waals surface area contributed by atoms with Gasteiger partial charge in [0.1, 0.15) is 11.9 Å². The molecule has 1 saturated heterocycles. The normalized spacial score (nSPS) is 19.0. The van der Waals surface area contributed by atoms with Gasteiger partial charge in [-0.05, 0) is 61.2 Å². The molecular formula is C24H25N3O2. The van der Waals surface area contributed by atoms with E-state index < -0.39 is 0 Å². The minimum absolute atomic E-state index is 0.0147. The Bertz CT molecular complexity index is 976. The van der Waals surface area contributed by atoms with Gasteiger partial charge in [-0.25, -0.2) is 0 Å². The molecule has 1 fully saturated rings. The third kappa shape index (κ3) is 3.48. The van der Waals surface area contributed by atoms with Crippen LogP contribution in [0.15, 0.2) is 71.3 Å². The molecule has 1 atom stereocenters. The number of rotatable bonds is 4. The maximum absolute atomic E-state index is 13.3. The Morgan fingerprint density at radius 2 is 1.72 bits per heavy atom. The second kappa shape index (κ2) is 7.66. The summed E-state index contributed by atoms with van der Waals surface area (Å²) in [5.41, 5.74) is 3.90. The summed E-state index contributed by atoms with van der Waals surface area (Å²) < 4.78 is 5.53. The number of hydrogen-bond acceptors (Lipinski definition) is 4. The lowest BCUT2D eigenvalue weighted by Gasteiger charge is -2.38. The van der Waals surface area contributed by atoms with Crippen LogP contribution in [0.5, 0.6) is 0 Å². The highest BCUT2D eigenvalue weighted by atomic mass is 16.3. The molecule has 148 valence electrons. The van der Waals surface area contributed by atoms with Crippen LogP contribution in [0.4, 0.5) is 11.4 Å². The van der Waals surface area contributed by atoms with Crippen LogP contribution in [-0.4, -0.2) is 23.9 Å². The summed E-state index contributed by atoms with van der Waals surface area (Å²) in [6.07, 6.45) is 5.25. The molecule has 0 aliphatic carbocycles. The van der Waals surface area contributed by atoms with Crippen LogP contribution in [-0.2, 0) is 6.54 Å². The monoisotopic (exact) mass is 387 g/mol. The van der Waals surface area contributed by atoms with Gasteiger partial charge in [-0.1, -0.05) is 24.3 Å². The van der Waals surface area contributed by atoms with E-state index in [1.807, 2.05) is 41.3 Å². The van der Waals surface area contributed by atoms with Crippen LogP contribution in [0.1, 0.15) is 47.1 Å². The first-order valence-electron chi connectivity index (χ1n) is 10.3. The third-order valence-electron chi connectivity index (χ3n) is 5.86. The molecule has 1 aromatic heterocycles. The van der Waals surface area contributed by atoms with Crippen molar-refractivity contribution in [2.24, 2.45) is 0 Å². The van der Waals surface area contributed by atoms with Crippen molar-refractivity contribution in [2.75, 3.05) is 23.3 Å². The zero-order valence-electron chi connectivity index (χ0n) is 16.4. The van der Waals surface area contributed by atoms with E-state index in [9.17, 15) is 4.79 Å². The molecule has 0 spiro atoms. The second-order valence-corrected chi connectivity index (χ2v) is 7.74. The fraction of sp³-hybridized carbons (Fsp3) is 0.292. The fourth-order valence-electron chi connectivity index (χ4n) is 4.31. The number of piperidine rings is 1. The van der Waals surface area contributed by atoms with Gasteiger partial charge < -0.3 is 19.5 Å². The van der Waals surface area contributed by atoms with E-state index in [2.05, 4.69) is 34.5 Å². The maximum atomic E-state index is 13.3. The number of carbonyl (C=O) groups excluding carboxylic acids is 1. The van der Waals surface area contributed by atoms with Gasteiger partial charge in [0.25, 0.3) is 5.91 Å². The summed E-state index contributed by atoms with van der Waals surface area (Å²) in [6, 6.07) is 20.1. The molecule has 0 bridgehead atoms. The van der Waals surface area contributed by atoms with Crippen molar-refractivity contribution in [1.29, 1.82) is 0 Å². The molecule has 2 aromatic carbocycles. The van der Waals surface area contributed by atoms with Crippen molar-refractivity contribution in [2.45, 2.75) is 32.0 Å². The highest BCUT2D eigenvalue weighted by molar-refractivity contribution is 6.01. The first-order valence-corrected chi connectivity index (χ1v) is 10.3. The summed E-state index contributed by atoms with van der Waals surface area (Å²) >= 11 is 0. The quantitative estimate of drug-likeness (QED) is 0.682. The van der Waals surface area contributed by atoms with Crippen LogP contribution < -0.4 is 10.2 Å². The topological polar surface area (TPSA) is 48.7 Å². The molecule has 29 heavy (non-hydrogen) atoms. The van der Waals surface area contributed by atoms with Crippen LogP contribution in [0.25, 0.3) is 0 Å². The number of fused-ring (bicyclic) bond motifs is 1. The first kappa shape index (κ1) is 17.9. The van der Waals surface area contributed by atoms with E-state index in [4.69, 9.17) is 4.42 Å². The van der Waals surface area contributed by atoms with Crippen LogP contribution in [0, 0.1) is 0 Å². The molecule has 0 unspecified atom stereocenters. The Morgan fingerprint density at radius 3 is 2.48 bits per heavy atom. The number of hydrogen-bond donors (Lipinski definition) is 1. The summed E-state index contributed by atoms with van der Waals surface area (Å²) in [7, 11) is 0. The smallest absolute Gasteiger partial charge is 0.258 e. The lowest BCUT2D eigenvalue weighted by atomic mass is 10.0. The second-order valence-electron chi connectivity index (χ2n) is 7.74. The first-order chi connectivity index (χ1) is 14.3. The molecule has 1 N–H and O–H groups in total. The minimum atomic E-state index is -0.238. The zero-order chi connectivity index (χ0) is 19.6. The molecule has 1 amide bonds. The predicted octanol–water partition coefficient (Wildman–Crippen LogP) is 5.04. The predicted molar refractivity (Wildman–Crippen MR) is 114 cm³/mol. The van der Waals surface area contributed by atoms with E-state index in [-0.39, 0.29) is 12.1 Å². The van der Waals surface area contributed by atoms with Crippen molar-refractivity contribution >= 4 is 17.3 Å². The van der Waals surface area contributed by atoms with Crippen molar-refractivity contribution in [3.8, 4) is 0 Å². The number of furan rings is 1. The summed E-state index contributed by atoms with van der Waals surface area (Å²) in [4.78, 5) is 17.6. The molecule has 0 saturated carbocycles. The average molecular weight is 387 g/mol. The maximum Gasteiger partial charge on any atom is 0.258 e. The summed E-state index contributed by atoms with van der Waals surface area (Å²) in [5, 5.41) is 3.56. The largest absolute Gasteiger partial charge is 0.467 e. The Morgan fingerprint density at radius 1 is 0.931 bits per heavy atom. The Labute approximate surface area is 170 Å². The Balaban J connectivity index is 1.46. The fourth-order valence-corrected chi connectivity index (χ4v) is 4.31. The summed E-state index contributed by atoms with van der Waals surface area (Å²) in [5.74, 6) is 0.787. The molecule has 3 aromatic rings. The summed E-state index contributed by atoms with van der Waals surface area (Å²) in [6.45, 7) is 2.67. The molecule has 3 heterocycles. The van der Waals surface area contributed by atoms with Crippen molar-refractivity contribution in [3.05, 3.63) is 83.8 Å². The molecular weight excluding hydrogens is 362 g/mol. The van der Waals surface area contributed by atoms with Gasteiger partial charge in [0, 0.05) is 24.5 Å². The molecule has 0 radical (unpaired) electrons. The van der Waals surface area contributed by atoms with Gasteiger partial charge in [-0.3, -0.25) is 4.79 Å². The zero-order valence-corrected chi connectivity index (χ0v) is 16.4. The van der Waals surface area contributed by atoms with E-state index in [0.29, 0.717) is 12.1 Å². The number of carbonyl (C=O) groups is 1. The van der Waals surface area contributed by atoms with Gasteiger partial charge in [-0.15, -0.1) is 0 Å². The highest BCUT2D eigenvalue weighted by Crippen LogP contribution is 2.35. The SMILES string of the molecule is O=C1c2ccccc2N[C@H](c2ccc(N3CCCCC3)cc2)N1Cc1ccco1. The Kier molecular flexibility index (Phi) is 4.72. The van der Waals surface area contributed by atoms with E-state index in [0.717, 1.165) is 30.1 Å². The van der Waals surface area contributed by atoms with Crippen molar-refractivity contribution in [3.63, 3.8) is 0 Å². The van der Waals surface area contributed by atoms with E-state index in [1.165, 1.54) is 24.9 Å². The minimum Gasteiger partial charge on any atom is -0.467 e. The third-order valence-corrected chi connectivity index (χ3v) is 5.86. The molecule has 5 nitrogen and oxygen atoms in total. The number of anilines is 2. The van der Waals surface area contributed by atoms with Crippen LogP contribution in [0.2, 0.25) is 0 Å². The van der Waals surface area contributed by atoms with E-state index >= 15 is 0 Å². The molecule has 2 aliphatic heterocycles. The highest BCUT2D eigenvalue weighted by Gasteiger charge is 2.33. The number of amides is 1. The van der Waals surface area contributed by atoms with Crippen molar-refractivity contribution in [1.82, 2.24) is 4.90 Å². The lowest BCUT2D eigenvalue weighted by Crippen LogP contribution is -2.42.